The van der Waals surface area contributed by atoms with Crippen molar-refractivity contribution in [3.8, 4) is 0 Å². The largest absolute Gasteiger partial charge is 0.220 e. The molecular formula is C14H19Cl2IN2. The fourth-order valence-electron chi connectivity index (χ4n) is 2.81. The number of nitrogens with zero attached hydrogens (tertiary/aromatic N) is 2. The fraction of sp³-hybridized carbons (Fsp3) is 0.714. The molecule has 19 heavy (non-hydrogen) atoms. The molecular weight excluding hydrogens is 394 g/mol. The molecule has 0 aromatic carbocycles. The SMILES string of the molecule is CC(C)(C)C1CCC(c2nc(Cl)c(I)c(Cl)n2)CC1. The maximum absolute atomic E-state index is 6.10. The average Bonchev–Trinajstić information content (AvgIpc) is 2.34. The van der Waals surface area contributed by atoms with Gasteiger partial charge in [0.25, 0.3) is 0 Å². The fourth-order valence-corrected chi connectivity index (χ4v) is 3.45. The van der Waals surface area contributed by atoms with E-state index in [9.17, 15) is 0 Å². The second-order valence-electron chi connectivity index (χ2n) is 6.39. The average molecular weight is 413 g/mol. The number of hydrogen-bond donors (Lipinski definition) is 0. The molecule has 1 fully saturated rings. The van der Waals surface area contributed by atoms with Crippen LogP contribution in [0.4, 0.5) is 0 Å². The van der Waals surface area contributed by atoms with Crippen LogP contribution in [-0.2, 0) is 0 Å². The molecule has 0 aliphatic heterocycles. The summed E-state index contributed by atoms with van der Waals surface area (Å²) in [4.78, 5) is 8.81. The van der Waals surface area contributed by atoms with Crippen LogP contribution in [0.15, 0.2) is 0 Å². The van der Waals surface area contributed by atoms with Gasteiger partial charge in [-0.15, -0.1) is 0 Å². The van der Waals surface area contributed by atoms with Crippen LogP contribution in [0.5, 0.6) is 0 Å². The molecule has 0 atom stereocenters. The van der Waals surface area contributed by atoms with Gasteiger partial charge in [-0.05, 0) is 59.6 Å². The molecule has 1 aromatic heterocycles. The van der Waals surface area contributed by atoms with Gasteiger partial charge >= 0.3 is 0 Å². The van der Waals surface area contributed by atoms with Gasteiger partial charge in [0.15, 0.2) is 0 Å². The summed E-state index contributed by atoms with van der Waals surface area (Å²) in [5, 5.41) is 0.960. The van der Waals surface area contributed by atoms with Crippen LogP contribution in [-0.4, -0.2) is 9.97 Å². The van der Waals surface area contributed by atoms with Crippen molar-refractivity contribution in [2.24, 2.45) is 11.3 Å². The predicted molar refractivity (Wildman–Crippen MR) is 88.9 cm³/mol. The van der Waals surface area contributed by atoms with Gasteiger partial charge < -0.3 is 0 Å². The van der Waals surface area contributed by atoms with E-state index in [1.54, 1.807) is 0 Å². The summed E-state index contributed by atoms with van der Waals surface area (Å²) < 4.78 is 0.744. The Balaban J connectivity index is 2.10. The van der Waals surface area contributed by atoms with E-state index in [1.807, 2.05) is 0 Å². The van der Waals surface area contributed by atoms with Crippen molar-refractivity contribution in [3.63, 3.8) is 0 Å². The van der Waals surface area contributed by atoms with Crippen LogP contribution >= 0.6 is 45.8 Å². The lowest BCUT2D eigenvalue weighted by Gasteiger charge is -2.36. The van der Waals surface area contributed by atoms with E-state index >= 15 is 0 Å². The van der Waals surface area contributed by atoms with E-state index in [2.05, 4.69) is 53.3 Å². The molecule has 1 aromatic rings. The molecule has 1 aliphatic carbocycles. The minimum atomic E-state index is 0.396. The van der Waals surface area contributed by atoms with Crippen LogP contribution < -0.4 is 0 Å². The van der Waals surface area contributed by atoms with E-state index in [1.165, 1.54) is 12.8 Å². The lowest BCUT2D eigenvalue weighted by atomic mass is 9.70. The lowest BCUT2D eigenvalue weighted by molar-refractivity contribution is 0.167. The highest BCUT2D eigenvalue weighted by Crippen LogP contribution is 2.42. The Morgan fingerprint density at radius 1 is 1.00 bits per heavy atom. The van der Waals surface area contributed by atoms with Crippen molar-refractivity contribution in [2.45, 2.75) is 52.4 Å². The standard InChI is InChI=1S/C14H19Cl2IN2/c1-14(2,3)9-6-4-8(5-7-9)13-18-11(15)10(17)12(16)19-13/h8-9H,4-7H2,1-3H3. The number of hydrogen-bond acceptors (Lipinski definition) is 2. The molecule has 2 rings (SSSR count). The Morgan fingerprint density at radius 2 is 1.47 bits per heavy atom. The maximum atomic E-state index is 6.10. The first kappa shape index (κ1) is 15.8. The summed E-state index contributed by atoms with van der Waals surface area (Å²) in [5.41, 5.74) is 0.396. The van der Waals surface area contributed by atoms with E-state index in [0.717, 1.165) is 28.2 Å². The highest BCUT2D eigenvalue weighted by Gasteiger charge is 2.31. The van der Waals surface area contributed by atoms with Gasteiger partial charge in [0.1, 0.15) is 16.1 Å². The highest BCUT2D eigenvalue weighted by molar-refractivity contribution is 14.1. The van der Waals surface area contributed by atoms with E-state index in [0.29, 0.717) is 21.6 Å². The normalized spacial score (nSPS) is 24.5. The van der Waals surface area contributed by atoms with Crippen LogP contribution in [0.1, 0.15) is 58.2 Å². The van der Waals surface area contributed by atoms with Crippen molar-refractivity contribution in [2.75, 3.05) is 0 Å². The van der Waals surface area contributed by atoms with Crippen molar-refractivity contribution in [3.05, 3.63) is 19.7 Å². The van der Waals surface area contributed by atoms with Crippen LogP contribution in [0.3, 0.4) is 0 Å². The smallest absolute Gasteiger partial charge is 0.147 e. The summed E-state index contributed by atoms with van der Waals surface area (Å²) in [6.45, 7) is 6.98. The second kappa shape index (κ2) is 6.02. The summed E-state index contributed by atoms with van der Waals surface area (Å²) in [7, 11) is 0. The molecule has 2 nitrogen and oxygen atoms in total. The molecule has 0 N–H and O–H groups in total. The van der Waals surface area contributed by atoms with Gasteiger partial charge in [0.05, 0.1) is 3.57 Å². The maximum Gasteiger partial charge on any atom is 0.147 e. The molecule has 5 heteroatoms. The topological polar surface area (TPSA) is 25.8 Å². The molecule has 0 bridgehead atoms. The summed E-state index contributed by atoms with van der Waals surface area (Å²) in [6.07, 6.45) is 4.74. The van der Waals surface area contributed by atoms with Gasteiger partial charge in [-0.3, -0.25) is 0 Å². The summed E-state index contributed by atoms with van der Waals surface area (Å²) >= 11 is 14.3. The Labute approximate surface area is 138 Å². The molecule has 0 saturated heterocycles. The zero-order chi connectivity index (χ0) is 14.2. The van der Waals surface area contributed by atoms with E-state index in [-0.39, 0.29) is 0 Å². The number of aromatic nitrogens is 2. The van der Waals surface area contributed by atoms with Crippen LogP contribution in [0, 0.1) is 14.9 Å². The van der Waals surface area contributed by atoms with Crippen molar-refractivity contribution < 1.29 is 0 Å². The monoisotopic (exact) mass is 412 g/mol. The lowest BCUT2D eigenvalue weighted by Crippen LogP contribution is -2.25. The second-order valence-corrected chi connectivity index (χ2v) is 8.19. The van der Waals surface area contributed by atoms with Gasteiger partial charge in [-0.2, -0.15) is 0 Å². The van der Waals surface area contributed by atoms with Gasteiger partial charge in [-0.1, -0.05) is 44.0 Å². The molecule has 106 valence electrons. The van der Waals surface area contributed by atoms with Gasteiger partial charge in [-0.25, -0.2) is 9.97 Å². The van der Waals surface area contributed by atoms with Crippen LogP contribution in [0.2, 0.25) is 10.3 Å². The number of halogens is 3. The molecule has 0 unspecified atom stereocenters. The highest BCUT2D eigenvalue weighted by atomic mass is 127. The Kier molecular flexibility index (Phi) is 5.00. The van der Waals surface area contributed by atoms with Crippen LogP contribution in [0.25, 0.3) is 0 Å². The first-order chi connectivity index (χ1) is 8.79. The zero-order valence-corrected chi connectivity index (χ0v) is 15.2. The van der Waals surface area contributed by atoms with Gasteiger partial charge in [0.2, 0.25) is 0 Å². The summed E-state index contributed by atoms with van der Waals surface area (Å²) in [5.74, 6) is 2.02. The van der Waals surface area contributed by atoms with Crippen molar-refractivity contribution in [1.29, 1.82) is 0 Å². The van der Waals surface area contributed by atoms with Gasteiger partial charge in [0, 0.05) is 5.92 Å². The Hall–Kier alpha value is 0.390. The first-order valence-electron chi connectivity index (χ1n) is 6.67. The quantitative estimate of drug-likeness (QED) is 0.436. The van der Waals surface area contributed by atoms with Crippen molar-refractivity contribution in [1.82, 2.24) is 9.97 Å². The summed E-state index contributed by atoms with van der Waals surface area (Å²) in [6, 6.07) is 0. The molecule has 1 aliphatic rings. The Bertz CT molecular complexity index is 440. The predicted octanol–water partition coefficient (Wildman–Crippen LogP) is 5.71. The minimum Gasteiger partial charge on any atom is -0.220 e. The number of rotatable bonds is 1. The molecule has 0 amide bonds. The van der Waals surface area contributed by atoms with E-state index < -0.39 is 0 Å². The third kappa shape index (κ3) is 3.73. The van der Waals surface area contributed by atoms with E-state index in [4.69, 9.17) is 23.2 Å². The zero-order valence-electron chi connectivity index (χ0n) is 11.5. The third-order valence-corrected chi connectivity index (χ3v) is 6.31. The first-order valence-corrected chi connectivity index (χ1v) is 8.51. The third-order valence-electron chi connectivity index (χ3n) is 4.10. The molecule has 0 spiro atoms. The molecule has 1 saturated carbocycles. The molecule has 1 heterocycles. The Morgan fingerprint density at radius 3 is 1.89 bits per heavy atom. The minimum absolute atomic E-state index is 0.396. The molecule has 0 radical (unpaired) electrons. The van der Waals surface area contributed by atoms with Crippen molar-refractivity contribution >= 4 is 45.8 Å².